The minimum Gasteiger partial charge on any atom is -0.317 e. The number of hydrogen-bond acceptors (Lipinski definition) is 2. The molecule has 1 unspecified atom stereocenters. The molecule has 1 aromatic rings. The minimum atomic E-state index is -2.93. The number of benzene rings is 1. The molecule has 0 amide bonds. The Hall–Kier alpha value is -0.300. The van der Waals surface area contributed by atoms with Gasteiger partial charge >= 0.3 is 0 Å². The Morgan fingerprint density at radius 2 is 1.83 bits per heavy atom. The average molecular weight is 287 g/mol. The first kappa shape index (κ1) is 14.1. The maximum atomic E-state index is 12.3. The Labute approximate surface area is 114 Å². The summed E-state index contributed by atoms with van der Waals surface area (Å²) in [5.74, 6) is 0. The predicted molar refractivity (Wildman–Crippen MR) is 76.4 cm³/mol. The van der Waals surface area contributed by atoms with E-state index in [9.17, 15) is 4.57 Å². The summed E-state index contributed by atoms with van der Waals surface area (Å²) in [5.41, 5.74) is 1.27. The molecule has 0 bridgehead atoms. The second-order valence-corrected chi connectivity index (χ2v) is 8.33. The SMILES string of the molecule is O=P(Cl)(OCCc1ccccc1)C1CCCCC1. The smallest absolute Gasteiger partial charge is 0.293 e. The first-order valence-electron chi connectivity index (χ1n) is 6.66. The monoisotopic (exact) mass is 286 g/mol. The lowest BCUT2D eigenvalue weighted by atomic mass is 10.0. The molecule has 0 N–H and O–H groups in total. The molecule has 1 aliphatic carbocycles. The van der Waals surface area contributed by atoms with E-state index in [0.717, 1.165) is 32.1 Å². The van der Waals surface area contributed by atoms with Gasteiger partial charge in [-0.3, -0.25) is 4.57 Å². The van der Waals surface area contributed by atoms with Crippen LogP contribution in [0.5, 0.6) is 0 Å². The molecule has 0 heterocycles. The molecule has 100 valence electrons. The fourth-order valence-corrected chi connectivity index (χ4v) is 4.75. The normalized spacial score (nSPS) is 20.5. The summed E-state index contributed by atoms with van der Waals surface area (Å²) in [5, 5.41) is 0. The average Bonchev–Trinajstić information content (AvgIpc) is 2.41. The summed E-state index contributed by atoms with van der Waals surface area (Å²) in [6, 6.07) is 10.1. The van der Waals surface area contributed by atoms with Crippen molar-refractivity contribution >= 4 is 18.0 Å². The molecule has 0 saturated heterocycles. The van der Waals surface area contributed by atoms with Crippen LogP contribution in [0.3, 0.4) is 0 Å². The van der Waals surface area contributed by atoms with E-state index in [1.165, 1.54) is 12.0 Å². The van der Waals surface area contributed by atoms with Crippen molar-refractivity contribution in [2.45, 2.75) is 44.2 Å². The summed E-state index contributed by atoms with van der Waals surface area (Å²) in [4.78, 5) is 0. The fourth-order valence-electron chi connectivity index (χ4n) is 2.43. The van der Waals surface area contributed by atoms with E-state index < -0.39 is 6.72 Å². The summed E-state index contributed by atoms with van der Waals surface area (Å²) in [7, 11) is 0. The maximum Gasteiger partial charge on any atom is 0.293 e. The molecule has 0 aromatic heterocycles. The Morgan fingerprint density at radius 3 is 2.50 bits per heavy atom. The van der Waals surface area contributed by atoms with Crippen molar-refractivity contribution in [3.8, 4) is 0 Å². The van der Waals surface area contributed by atoms with Gasteiger partial charge in [-0.05, 0) is 36.1 Å². The van der Waals surface area contributed by atoms with Crippen LogP contribution in [-0.4, -0.2) is 12.3 Å². The zero-order valence-electron chi connectivity index (χ0n) is 10.6. The van der Waals surface area contributed by atoms with Gasteiger partial charge in [0.2, 0.25) is 0 Å². The molecule has 18 heavy (non-hydrogen) atoms. The van der Waals surface area contributed by atoms with Gasteiger partial charge in [0.25, 0.3) is 6.72 Å². The Kier molecular flexibility index (Phi) is 5.29. The predicted octanol–water partition coefficient (Wildman–Crippen LogP) is 5.01. The van der Waals surface area contributed by atoms with Gasteiger partial charge in [0.15, 0.2) is 0 Å². The molecular weight excluding hydrogens is 267 g/mol. The highest BCUT2D eigenvalue weighted by atomic mass is 35.7. The Bertz CT molecular complexity index is 402. The molecule has 1 aliphatic rings. The van der Waals surface area contributed by atoms with E-state index in [0.29, 0.717) is 6.61 Å². The van der Waals surface area contributed by atoms with E-state index in [1.54, 1.807) is 0 Å². The molecule has 2 rings (SSSR count). The van der Waals surface area contributed by atoms with Crippen molar-refractivity contribution < 1.29 is 9.09 Å². The van der Waals surface area contributed by atoms with Gasteiger partial charge < -0.3 is 4.52 Å². The van der Waals surface area contributed by atoms with Crippen LogP contribution in [0, 0.1) is 0 Å². The van der Waals surface area contributed by atoms with Crippen molar-refractivity contribution in [2.24, 2.45) is 0 Å². The molecule has 0 spiro atoms. The lowest BCUT2D eigenvalue weighted by molar-refractivity contribution is 0.312. The third-order valence-corrected chi connectivity index (χ3v) is 6.56. The van der Waals surface area contributed by atoms with Crippen molar-refractivity contribution in [3.05, 3.63) is 35.9 Å². The van der Waals surface area contributed by atoms with Crippen LogP contribution in [0.25, 0.3) is 0 Å². The lowest BCUT2D eigenvalue weighted by Crippen LogP contribution is -2.13. The fraction of sp³-hybridized carbons (Fsp3) is 0.571. The highest BCUT2D eigenvalue weighted by Crippen LogP contribution is 2.60. The molecule has 2 nitrogen and oxygen atoms in total. The zero-order valence-corrected chi connectivity index (χ0v) is 12.2. The largest absolute Gasteiger partial charge is 0.317 e. The third kappa shape index (κ3) is 4.12. The summed E-state index contributed by atoms with van der Waals surface area (Å²) >= 11 is 6.11. The van der Waals surface area contributed by atoms with E-state index in [-0.39, 0.29) is 5.66 Å². The van der Waals surface area contributed by atoms with Gasteiger partial charge in [-0.1, -0.05) is 49.6 Å². The Morgan fingerprint density at radius 1 is 1.17 bits per heavy atom. The highest BCUT2D eigenvalue weighted by molar-refractivity contribution is 7.85. The molecule has 1 fully saturated rings. The van der Waals surface area contributed by atoms with Crippen molar-refractivity contribution in [1.82, 2.24) is 0 Å². The molecule has 0 radical (unpaired) electrons. The van der Waals surface area contributed by atoms with Crippen molar-refractivity contribution in [2.75, 3.05) is 6.61 Å². The van der Waals surface area contributed by atoms with Crippen LogP contribution >= 0.6 is 18.0 Å². The molecular formula is C14H20ClO2P. The second kappa shape index (κ2) is 6.75. The van der Waals surface area contributed by atoms with E-state index in [2.05, 4.69) is 0 Å². The van der Waals surface area contributed by atoms with E-state index in [1.807, 2.05) is 30.3 Å². The van der Waals surface area contributed by atoms with Gasteiger partial charge in [-0.2, -0.15) is 0 Å². The van der Waals surface area contributed by atoms with Gasteiger partial charge in [-0.15, -0.1) is 0 Å². The topological polar surface area (TPSA) is 26.3 Å². The van der Waals surface area contributed by atoms with Crippen LogP contribution in [0.1, 0.15) is 37.7 Å². The number of hydrogen-bond donors (Lipinski definition) is 0. The quantitative estimate of drug-likeness (QED) is 0.711. The first-order valence-corrected chi connectivity index (χ1v) is 9.26. The molecule has 1 aromatic carbocycles. The van der Waals surface area contributed by atoms with Crippen LogP contribution in [0.2, 0.25) is 0 Å². The van der Waals surface area contributed by atoms with Crippen LogP contribution < -0.4 is 0 Å². The van der Waals surface area contributed by atoms with Gasteiger partial charge in [-0.25, -0.2) is 0 Å². The zero-order chi connectivity index (χ0) is 12.8. The van der Waals surface area contributed by atoms with E-state index >= 15 is 0 Å². The van der Waals surface area contributed by atoms with Crippen molar-refractivity contribution in [3.63, 3.8) is 0 Å². The van der Waals surface area contributed by atoms with Crippen LogP contribution in [0.15, 0.2) is 30.3 Å². The van der Waals surface area contributed by atoms with Crippen LogP contribution in [-0.2, 0) is 15.5 Å². The first-order chi connectivity index (χ1) is 8.68. The standard InChI is InChI=1S/C14H20ClO2P/c15-18(16,14-9-5-2-6-10-14)17-12-11-13-7-3-1-4-8-13/h1,3-4,7-8,14H,2,5-6,9-12H2. The highest BCUT2D eigenvalue weighted by Gasteiger charge is 2.32. The maximum absolute atomic E-state index is 12.3. The lowest BCUT2D eigenvalue weighted by Gasteiger charge is -2.25. The summed E-state index contributed by atoms with van der Waals surface area (Å²) < 4.78 is 17.8. The second-order valence-electron chi connectivity index (χ2n) is 4.88. The summed E-state index contributed by atoms with van der Waals surface area (Å²) in [6.45, 7) is -2.49. The molecule has 1 atom stereocenters. The molecule has 1 saturated carbocycles. The Balaban J connectivity index is 1.79. The third-order valence-electron chi connectivity index (χ3n) is 3.51. The number of halogens is 1. The molecule has 0 aliphatic heterocycles. The minimum absolute atomic E-state index is 0.0729. The van der Waals surface area contributed by atoms with Gasteiger partial charge in [0.05, 0.1) is 12.3 Å². The van der Waals surface area contributed by atoms with Crippen LogP contribution in [0.4, 0.5) is 0 Å². The van der Waals surface area contributed by atoms with Crippen molar-refractivity contribution in [1.29, 1.82) is 0 Å². The van der Waals surface area contributed by atoms with Gasteiger partial charge in [0, 0.05) is 0 Å². The number of rotatable bonds is 5. The van der Waals surface area contributed by atoms with Gasteiger partial charge in [0.1, 0.15) is 0 Å². The summed E-state index contributed by atoms with van der Waals surface area (Å²) in [6.07, 6.45) is 6.16. The molecule has 4 heteroatoms. The van der Waals surface area contributed by atoms with E-state index in [4.69, 9.17) is 15.8 Å².